The second-order valence-corrected chi connectivity index (χ2v) is 10.0. The van der Waals surface area contributed by atoms with Gasteiger partial charge < -0.3 is 10.3 Å². The largest absolute Gasteiger partial charge is 0.411 e. The summed E-state index contributed by atoms with van der Waals surface area (Å²) in [5.74, 6) is 3.74. The standard InChI is InChI=1S/C21H35NO2/c1-13(22-24)17-6-7-18-16-5-4-14-12-15(23)8-10-20(14,2)19(16)9-11-21(17,18)3/h14-19,23-24H,4-12H2,1-3H3/b22-13-/t14-,15-,16-,17+,18-,19-,20-,21+/m0/s1. The first-order chi connectivity index (χ1) is 11.4. The number of oxime groups is 1. The summed E-state index contributed by atoms with van der Waals surface area (Å²) in [5, 5.41) is 23.0. The molecule has 0 aromatic heterocycles. The van der Waals surface area contributed by atoms with Gasteiger partial charge in [-0.2, -0.15) is 0 Å². The number of aliphatic hydroxyl groups is 1. The molecule has 4 fully saturated rings. The summed E-state index contributed by atoms with van der Waals surface area (Å²) < 4.78 is 0. The maximum Gasteiger partial charge on any atom is 0.0576 e. The number of rotatable bonds is 1. The van der Waals surface area contributed by atoms with Crippen LogP contribution < -0.4 is 0 Å². The quantitative estimate of drug-likeness (QED) is 0.409. The van der Waals surface area contributed by atoms with Gasteiger partial charge in [0.15, 0.2) is 0 Å². The molecule has 0 unspecified atom stereocenters. The Labute approximate surface area is 146 Å². The highest BCUT2D eigenvalue weighted by molar-refractivity contribution is 5.84. The van der Waals surface area contributed by atoms with E-state index in [1.54, 1.807) is 0 Å². The van der Waals surface area contributed by atoms with Crippen molar-refractivity contribution in [2.24, 2.45) is 45.6 Å². The molecule has 0 saturated heterocycles. The van der Waals surface area contributed by atoms with Gasteiger partial charge in [0.05, 0.1) is 11.8 Å². The summed E-state index contributed by atoms with van der Waals surface area (Å²) in [6.07, 6.45) is 11.1. The molecule has 4 rings (SSSR count). The third kappa shape index (κ3) is 2.22. The van der Waals surface area contributed by atoms with E-state index in [9.17, 15) is 10.3 Å². The first-order valence-corrected chi connectivity index (χ1v) is 10.3. The van der Waals surface area contributed by atoms with Gasteiger partial charge in [0.1, 0.15) is 0 Å². The molecule has 4 saturated carbocycles. The minimum Gasteiger partial charge on any atom is -0.411 e. The van der Waals surface area contributed by atoms with Crippen LogP contribution >= 0.6 is 0 Å². The number of aliphatic hydroxyl groups excluding tert-OH is 1. The molecule has 24 heavy (non-hydrogen) atoms. The van der Waals surface area contributed by atoms with Gasteiger partial charge in [0, 0.05) is 5.92 Å². The van der Waals surface area contributed by atoms with Gasteiger partial charge in [0.25, 0.3) is 0 Å². The molecule has 0 radical (unpaired) electrons. The Bertz CT molecular complexity index is 532. The summed E-state index contributed by atoms with van der Waals surface area (Å²) in [6.45, 7) is 7.06. The van der Waals surface area contributed by atoms with E-state index in [0.29, 0.717) is 16.7 Å². The molecule has 3 heteroatoms. The molecule has 136 valence electrons. The van der Waals surface area contributed by atoms with Crippen molar-refractivity contribution in [1.29, 1.82) is 0 Å². The number of hydrogen-bond donors (Lipinski definition) is 2. The summed E-state index contributed by atoms with van der Waals surface area (Å²) in [7, 11) is 0. The van der Waals surface area contributed by atoms with Gasteiger partial charge in [-0.3, -0.25) is 0 Å². The Morgan fingerprint density at radius 2 is 1.62 bits per heavy atom. The Kier molecular flexibility index (Phi) is 4.02. The van der Waals surface area contributed by atoms with Crippen LogP contribution in [0.4, 0.5) is 0 Å². The topological polar surface area (TPSA) is 52.8 Å². The van der Waals surface area contributed by atoms with E-state index in [-0.39, 0.29) is 6.10 Å². The number of nitrogens with zero attached hydrogens (tertiary/aromatic N) is 1. The average molecular weight is 334 g/mol. The Hall–Kier alpha value is -0.570. The van der Waals surface area contributed by atoms with Crippen LogP contribution in [0, 0.1) is 40.4 Å². The molecule has 0 aromatic rings. The highest BCUT2D eigenvalue weighted by atomic mass is 16.4. The van der Waals surface area contributed by atoms with Crippen LogP contribution in [-0.4, -0.2) is 22.1 Å². The predicted molar refractivity (Wildman–Crippen MR) is 96.1 cm³/mol. The molecule has 0 amide bonds. The molecule has 4 aliphatic carbocycles. The molecule has 0 spiro atoms. The zero-order valence-corrected chi connectivity index (χ0v) is 15.7. The van der Waals surface area contributed by atoms with Crippen molar-refractivity contribution in [3.8, 4) is 0 Å². The highest BCUT2D eigenvalue weighted by Gasteiger charge is 2.60. The third-order valence-corrected chi connectivity index (χ3v) is 9.30. The van der Waals surface area contributed by atoms with Crippen LogP contribution in [-0.2, 0) is 0 Å². The summed E-state index contributed by atoms with van der Waals surface area (Å²) in [6, 6.07) is 0. The lowest BCUT2D eigenvalue weighted by Gasteiger charge is -2.61. The molecule has 3 nitrogen and oxygen atoms in total. The van der Waals surface area contributed by atoms with E-state index in [1.165, 1.54) is 44.9 Å². The predicted octanol–water partition coefficient (Wildman–Crippen LogP) is 4.86. The molecule has 0 bridgehead atoms. The zero-order valence-electron chi connectivity index (χ0n) is 15.7. The van der Waals surface area contributed by atoms with Crippen molar-refractivity contribution in [3.63, 3.8) is 0 Å². The minimum absolute atomic E-state index is 0.0484. The Morgan fingerprint density at radius 1 is 0.917 bits per heavy atom. The van der Waals surface area contributed by atoms with Gasteiger partial charge in [0.2, 0.25) is 0 Å². The van der Waals surface area contributed by atoms with E-state index < -0.39 is 0 Å². The lowest BCUT2D eigenvalue weighted by Crippen LogP contribution is -2.54. The zero-order chi connectivity index (χ0) is 17.1. The van der Waals surface area contributed by atoms with Crippen molar-refractivity contribution >= 4 is 5.71 Å². The maximum atomic E-state index is 10.1. The molecular weight excluding hydrogens is 298 g/mol. The van der Waals surface area contributed by atoms with Crippen molar-refractivity contribution in [2.75, 3.05) is 0 Å². The normalized spacial score (nSPS) is 54.8. The van der Waals surface area contributed by atoms with Crippen LogP contribution in [0.3, 0.4) is 0 Å². The van der Waals surface area contributed by atoms with Crippen LogP contribution in [0.1, 0.15) is 78.6 Å². The van der Waals surface area contributed by atoms with Gasteiger partial charge in [-0.25, -0.2) is 0 Å². The fraction of sp³-hybridized carbons (Fsp3) is 0.952. The van der Waals surface area contributed by atoms with Crippen LogP contribution in [0.5, 0.6) is 0 Å². The van der Waals surface area contributed by atoms with Crippen LogP contribution in [0.25, 0.3) is 0 Å². The van der Waals surface area contributed by atoms with Gasteiger partial charge in [-0.05, 0) is 99.2 Å². The van der Waals surface area contributed by atoms with Gasteiger partial charge in [-0.1, -0.05) is 19.0 Å². The monoisotopic (exact) mass is 333 g/mol. The second-order valence-electron chi connectivity index (χ2n) is 10.0. The Morgan fingerprint density at radius 3 is 2.38 bits per heavy atom. The van der Waals surface area contributed by atoms with Crippen molar-refractivity contribution in [2.45, 2.75) is 84.7 Å². The first kappa shape index (κ1) is 16.9. The smallest absolute Gasteiger partial charge is 0.0576 e. The second kappa shape index (κ2) is 5.72. The molecule has 0 heterocycles. The molecular formula is C21H35NO2. The van der Waals surface area contributed by atoms with Crippen molar-refractivity contribution < 1.29 is 10.3 Å². The number of hydrogen-bond acceptors (Lipinski definition) is 3. The van der Waals surface area contributed by atoms with Crippen molar-refractivity contribution in [1.82, 2.24) is 0 Å². The van der Waals surface area contributed by atoms with E-state index >= 15 is 0 Å². The first-order valence-electron chi connectivity index (χ1n) is 10.3. The van der Waals surface area contributed by atoms with E-state index in [2.05, 4.69) is 19.0 Å². The van der Waals surface area contributed by atoms with Crippen LogP contribution in [0.2, 0.25) is 0 Å². The van der Waals surface area contributed by atoms with E-state index in [4.69, 9.17) is 0 Å². The van der Waals surface area contributed by atoms with Crippen LogP contribution in [0.15, 0.2) is 5.16 Å². The lowest BCUT2D eigenvalue weighted by molar-refractivity contribution is -0.123. The summed E-state index contributed by atoms with van der Waals surface area (Å²) in [5.41, 5.74) is 1.76. The van der Waals surface area contributed by atoms with Crippen molar-refractivity contribution in [3.05, 3.63) is 0 Å². The minimum atomic E-state index is -0.0484. The molecule has 2 N–H and O–H groups in total. The fourth-order valence-corrected chi connectivity index (χ4v) is 7.99. The van der Waals surface area contributed by atoms with Gasteiger partial charge >= 0.3 is 0 Å². The fourth-order valence-electron chi connectivity index (χ4n) is 7.99. The summed E-state index contributed by atoms with van der Waals surface area (Å²) in [4.78, 5) is 0. The molecule has 0 aliphatic heterocycles. The lowest BCUT2D eigenvalue weighted by atomic mass is 9.44. The maximum absolute atomic E-state index is 10.1. The molecule has 8 atom stereocenters. The number of fused-ring (bicyclic) bond motifs is 5. The van der Waals surface area contributed by atoms with Gasteiger partial charge in [-0.15, -0.1) is 0 Å². The third-order valence-electron chi connectivity index (χ3n) is 9.30. The Balaban J connectivity index is 1.61. The molecule has 0 aromatic carbocycles. The SMILES string of the molecule is C/C(=N/O)[C@H]1CC[C@H]2[C@@H]3CC[C@H]4C[C@@H](O)CC[C@]4(C)[C@H]3CC[C@]12C. The highest BCUT2D eigenvalue weighted by Crippen LogP contribution is 2.67. The average Bonchev–Trinajstić information content (AvgIpc) is 2.92. The molecule has 4 aliphatic rings. The summed E-state index contributed by atoms with van der Waals surface area (Å²) >= 11 is 0. The van der Waals surface area contributed by atoms with E-state index in [1.807, 2.05) is 6.92 Å². The van der Waals surface area contributed by atoms with E-state index in [0.717, 1.165) is 42.2 Å².